The first kappa shape index (κ1) is 22.7. The summed E-state index contributed by atoms with van der Waals surface area (Å²) in [5.41, 5.74) is 0.519. The minimum atomic E-state index is -5.01. The van der Waals surface area contributed by atoms with Crippen molar-refractivity contribution in [1.29, 1.82) is 0 Å². The van der Waals surface area contributed by atoms with E-state index in [1.807, 2.05) is 27.7 Å². The van der Waals surface area contributed by atoms with Crippen molar-refractivity contribution in [2.24, 2.45) is 0 Å². The van der Waals surface area contributed by atoms with E-state index in [0.29, 0.717) is 11.3 Å². The van der Waals surface area contributed by atoms with Crippen LogP contribution < -0.4 is 0 Å². The van der Waals surface area contributed by atoms with E-state index in [1.54, 1.807) is 18.2 Å². The van der Waals surface area contributed by atoms with Gasteiger partial charge in [-0.1, -0.05) is 30.3 Å². The minimum Gasteiger partial charge on any atom is -0.400 e. The summed E-state index contributed by atoms with van der Waals surface area (Å²) in [4.78, 5) is 22.8. The van der Waals surface area contributed by atoms with Gasteiger partial charge in [-0.05, 0) is 38.7 Å². The van der Waals surface area contributed by atoms with Gasteiger partial charge in [-0.2, -0.15) is 25.8 Å². The summed E-state index contributed by atoms with van der Waals surface area (Å²) in [6.45, 7) is 7.75. The molecular formula is C19H22BF3O4S. The molecule has 1 fully saturated rings. The van der Waals surface area contributed by atoms with E-state index in [4.69, 9.17) is 9.31 Å². The Morgan fingerprint density at radius 1 is 1.07 bits per heavy atom. The highest BCUT2D eigenvalue weighted by Gasteiger charge is 2.52. The second kappa shape index (κ2) is 8.04. The monoisotopic (exact) mass is 414 g/mol. The second-order valence-corrected chi connectivity index (χ2v) is 7.92. The van der Waals surface area contributed by atoms with E-state index < -0.39 is 42.5 Å². The Bertz CT molecular complexity index is 769. The van der Waals surface area contributed by atoms with Crippen LogP contribution >= 0.6 is 12.6 Å². The maximum atomic E-state index is 12.3. The number of carbonyl (C=O) groups excluding carboxylic acids is 2. The Hall–Kier alpha value is -1.58. The summed E-state index contributed by atoms with van der Waals surface area (Å²) >= 11 is 4.33. The summed E-state index contributed by atoms with van der Waals surface area (Å²) in [7, 11) is -0.576. The van der Waals surface area contributed by atoms with E-state index in [-0.39, 0.29) is 5.56 Å². The standard InChI is InChI=1S/C19H22BF3O4S/c1-17(2)18(3,4)27-20(26-17)14(11-28)9-12-5-7-13(8-6-12)15(24)10-16(25)19(21,22)23/h5-9,28H,10-11H2,1-4H3. The Labute approximate surface area is 168 Å². The quantitative estimate of drug-likeness (QED) is 0.326. The minimum absolute atomic E-state index is 0.0396. The van der Waals surface area contributed by atoms with Gasteiger partial charge in [0, 0.05) is 11.3 Å². The molecule has 9 heteroatoms. The molecule has 0 aromatic heterocycles. The topological polar surface area (TPSA) is 52.6 Å². The number of halogens is 3. The first-order valence-corrected chi connectivity index (χ1v) is 9.30. The Morgan fingerprint density at radius 3 is 2.00 bits per heavy atom. The number of rotatable bonds is 6. The van der Waals surface area contributed by atoms with E-state index in [1.165, 1.54) is 12.1 Å². The SMILES string of the molecule is CC1(C)OB(C(=Cc2ccc(C(=O)CC(=O)C(F)(F)F)cc2)CS)OC1(C)C. The molecule has 152 valence electrons. The van der Waals surface area contributed by atoms with Crippen LogP contribution in [-0.4, -0.2) is 41.8 Å². The molecule has 1 heterocycles. The molecule has 4 nitrogen and oxygen atoms in total. The van der Waals surface area contributed by atoms with Gasteiger partial charge in [0.15, 0.2) is 5.78 Å². The maximum Gasteiger partial charge on any atom is 0.491 e. The van der Waals surface area contributed by atoms with Gasteiger partial charge in [0.2, 0.25) is 5.78 Å². The molecule has 1 saturated heterocycles. The number of carbonyl (C=O) groups is 2. The van der Waals surface area contributed by atoms with Gasteiger partial charge in [-0.25, -0.2) is 0 Å². The fourth-order valence-corrected chi connectivity index (χ4v) is 2.75. The molecule has 0 radical (unpaired) electrons. The van der Waals surface area contributed by atoms with Crippen molar-refractivity contribution in [3.63, 3.8) is 0 Å². The molecule has 0 unspecified atom stereocenters. The predicted molar refractivity (Wildman–Crippen MR) is 104 cm³/mol. The van der Waals surface area contributed by atoms with Crippen molar-refractivity contribution < 1.29 is 32.1 Å². The van der Waals surface area contributed by atoms with Gasteiger partial charge >= 0.3 is 13.3 Å². The van der Waals surface area contributed by atoms with Crippen LogP contribution in [0.1, 0.15) is 50.0 Å². The Balaban J connectivity index is 2.14. The van der Waals surface area contributed by atoms with Crippen LogP contribution in [-0.2, 0) is 14.1 Å². The molecule has 0 atom stereocenters. The molecule has 2 rings (SSSR count). The molecule has 1 aliphatic heterocycles. The molecule has 1 aromatic carbocycles. The number of thiol groups is 1. The third kappa shape index (κ3) is 5.07. The Morgan fingerprint density at radius 2 is 1.57 bits per heavy atom. The highest BCUT2D eigenvalue weighted by atomic mass is 32.1. The van der Waals surface area contributed by atoms with Crippen LogP contribution in [0, 0.1) is 0 Å². The molecule has 0 bridgehead atoms. The van der Waals surface area contributed by atoms with E-state index in [0.717, 1.165) is 5.47 Å². The number of benzene rings is 1. The van der Waals surface area contributed by atoms with Crippen molar-refractivity contribution in [3.05, 3.63) is 40.9 Å². The fraction of sp³-hybridized carbons (Fsp3) is 0.474. The van der Waals surface area contributed by atoms with Crippen molar-refractivity contribution >= 4 is 37.4 Å². The lowest BCUT2D eigenvalue weighted by Gasteiger charge is -2.32. The summed E-state index contributed by atoms with van der Waals surface area (Å²) in [5, 5.41) is 0. The van der Waals surface area contributed by atoms with E-state index in [9.17, 15) is 22.8 Å². The molecule has 0 aliphatic carbocycles. The van der Waals surface area contributed by atoms with Crippen molar-refractivity contribution in [1.82, 2.24) is 0 Å². The number of hydrogen-bond acceptors (Lipinski definition) is 5. The lowest BCUT2D eigenvalue weighted by Crippen LogP contribution is -2.41. The molecule has 0 N–H and O–H groups in total. The largest absolute Gasteiger partial charge is 0.491 e. The van der Waals surface area contributed by atoms with Crippen LogP contribution in [0.5, 0.6) is 0 Å². The summed E-state index contributed by atoms with van der Waals surface area (Å²) in [5.74, 6) is -2.56. The van der Waals surface area contributed by atoms with Crippen LogP contribution in [0.4, 0.5) is 13.2 Å². The zero-order valence-electron chi connectivity index (χ0n) is 16.1. The van der Waals surface area contributed by atoms with Gasteiger partial charge in [0.05, 0.1) is 17.6 Å². The van der Waals surface area contributed by atoms with E-state index >= 15 is 0 Å². The zero-order chi connectivity index (χ0) is 21.3. The summed E-state index contributed by atoms with van der Waals surface area (Å²) in [6.07, 6.45) is -4.42. The van der Waals surface area contributed by atoms with Crippen LogP contribution in [0.25, 0.3) is 6.08 Å². The molecule has 0 amide bonds. The van der Waals surface area contributed by atoms with Crippen molar-refractivity contribution in [3.8, 4) is 0 Å². The average molecular weight is 414 g/mol. The first-order valence-electron chi connectivity index (χ1n) is 8.67. The number of ketones is 2. The molecule has 1 aromatic rings. The molecule has 28 heavy (non-hydrogen) atoms. The summed E-state index contributed by atoms with van der Waals surface area (Å²) < 4.78 is 48.8. The number of hydrogen-bond donors (Lipinski definition) is 1. The molecule has 1 aliphatic rings. The van der Waals surface area contributed by atoms with Crippen LogP contribution in [0.3, 0.4) is 0 Å². The number of alkyl halides is 3. The highest BCUT2D eigenvalue weighted by Crippen LogP contribution is 2.39. The molecule has 0 saturated carbocycles. The highest BCUT2D eigenvalue weighted by molar-refractivity contribution is 7.80. The van der Waals surface area contributed by atoms with Gasteiger partial charge in [0.25, 0.3) is 0 Å². The van der Waals surface area contributed by atoms with Crippen molar-refractivity contribution in [2.45, 2.75) is 51.5 Å². The average Bonchev–Trinajstić information content (AvgIpc) is 2.79. The Kier molecular flexibility index (Phi) is 6.52. The second-order valence-electron chi connectivity index (χ2n) is 7.61. The van der Waals surface area contributed by atoms with Crippen LogP contribution in [0.15, 0.2) is 29.7 Å². The maximum absolute atomic E-state index is 12.3. The smallest absolute Gasteiger partial charge is 0.400 e. The normalized spacial score (nSPS) is 19.0. The van der Waals surface area contributed by atoms with Crippen LogP contribution in [0.2, 0.25) is 0 Å². The predicted octanol–water partition coefficient (Wildman–Crippen LogP) is 4.34. The summed E-state index contributed by atoms with van der Waals surface area (Å²) in [6, 6.07) is 5.94. The van der Waals surface area contributed by atoms with E-state index in [2.05, 4.69) is 12.6 Å². The van der Waals surface area contributed by atoms with Gasteiger partial charge in [-0.15, -0.1) is 0 Å². The third-order valence-electron chi connectivity index (χ3n) is 4.96. The lowest BCUT2D eigenvalue weighted by atomic mass is 9.78. The molecule has 0 spiro atoms. The zero-order valence-corrected chi connectivity index (χ0v) is 17.0. The fourth-order valence-electron chi connectivity index (χ4n) is 2.51. The van der Waals surface area contributed by atoms with Gasteiger partial charge in [0.1, 0.15) is 0 Å². The number of Topliss-reactive ketones (excluding diaryl/α,β-unsaturated/α-hetero) is 2. The molecular weight excluding hydrogens is 392 g/mol. The first-order chi connectivity index (χ1) is 12.8. The van der Waals surface area contributed by atoms with Gasteiger partial charge < -0.3 is 9.31 Å². The lowest BCUT2D eigenvalue weighted by molar-refractivity contribution is -0.170. The third-order valence-corrected chi connectivity index (χ3v) is 5.33. The van der Waals surface area contributed by atoms with Crippen molar-refractivity contribution in [2.75, 3.05) is 5.75 Å². The van der Waals surface area contributed by atoms with Gasteiger partial charge in [-0.3, -0.25) is 9.59 Å².